The van der Waals surface area contributed by atoms with E-state index in [1.807, 2.05) is 4.90 Å². The normalized spacial score (nSPS) is 17.6. The van der Waals surface area contributed by atoms with E-state index in [1.165, 1.54) is 0 Å². The van der Waals surface area contributed by atoms with E-state index in [2.05, 4.69) is 41.3 Å². The van der Waals surface area contributed by atoms with Crippen LogP contribution in [0.1, 0.15) is 37.6 Å². The molecule has 2 heterocycles. The Morgan fingerprint density at radius 2 is 2.08 bits per heavy atom. The molecule has 2 rings (SSSR count). The molecule has 0 aliphatic carbocycles. The lowest BCUT2D eigenvalue weighted by molar-refractivity contribution is -0.123. The maximum absolute atomic E-state index is 12.5. The lowest BCUT2D eigenvalue weighted by Crippen LogP contribution is -2.56. The molecule has 0 saturated carbocycles. The molecule has 26 heavy (non-hydrogen) atoms. The van der Waals surface area contributed by atoms with Gasteiger partial charge in [-0.1, -0.05) is 25.4 Å². The lowest BCUT2D eigenvalue weighted by atomic mass is 10.0. The third kappa shape index (κ3) is 4.65. The quantitative estimate of drug-likeness (QED) is 0.667. The predicted molar refractivity (Wildman–Crippen MR) is 104 cm³/mol. The number of hydrogen-bond donors (Lipinski definition) is 2. The Bertz CT molecular complexity index is 650. The molecule has 0 bridgehead atoms. The number of aromatic nitrogens is 1. The number of nitrogens with one attached hydrogen (secondary N) is 2. The first-order chi connectivity index (χ1) is 12.4. The van der Waals surface area contributed by atoms with Gasteiger partial charge in [-0.25, -0.2) is 4.98 Å². The van der Waals surface area contributed by atoms with Crippen molar-refractivity contribution in [2.24, 2.45) is 0 Å². The number of hydrogen-bond acceptors (Lipinski definition) is 5. The van der Waals surface area contributed by atoms with Gasteiger partial charge in [-0.2, -0.15) is 0 Å². The molecule has 2 N–H and O–H groups in total. The van der Waals surface area contributed by atoms with Crippen molar-refractivity contribution in [2.75, 3.05) is 38.1 Å². The van der Waals surface area contributed by atoms with Crippen molar-refractivity contribution in [1.82, 2.24) is 20.5 Å². The van der Waals surface area contributed by atoms with Crippen LogP contribution in [0.15, 0.2) is 12.1 Å². The smallest absolute Gasteiger partial charge is 0.251 e. The van der Waals surface area contributed by atoms with Gasteiger partial charge >= 0.3 is 0 Å². The summed E-state index contributed by atoms with van der Waals surface area (Å²) in [6.45, 7) is 9.45. The van der Waals surface area contributed by atoms with E-state index >= 15 is 0 Å². The van der Waals surface area contributed by atoms with E-state index in [-0.39, 0.29) is 29.1 Å². The molecule has 1 fully saturated rings. The van der Waals surface area contributed by atoms with E-state index in [9.17, 15) is 9.59 Å². The first kappa shape index (κ1) is 20.5. The highest BCUT2D eigenvalue weighted by Gasteiger charge is 2.35. The van der Waals surface area contributed by atoms with Crippen LogP contribution in [0.25, 0.3) is 0 Å². The lowest BCUT2D eigenvalue weighted by Gasteiger charge is -2.40. The highest BCUT2D eigenvalue weighted by molar-refractivity contribution is 6.30. The van der Waals surface area contributed by atoms with Crippen molar-refractivity contribution in [3.8, 4) is 0 Å². The van der Waals surface area contributed by atoms with Gasteiger partial charge in [-0.15, -0.1) is 0 Å². The Kier molecular flexibility index (Phi) is 7.23. The van der Waals surface area contributed by atoms with Gasteiger partial charge in [0.05, 0.1) is 0 Å². The fraction of sp³-hybridized carbons (Fsp3) is 0.611. The highest BCUT2D eigenvalue weighted by atomic mass is 35.5. The van der Waals surface area contributed by atoms with E-state index in [1.54, 1.807) is 19.2 Å². The predicted octanol–water partition coefficient (Wildman–Crippen LogP) is 1.52. The summed E-state index contributed by atoms with van der Waals surface area (Å²) < 4.78 is 0. The van der Waals surface area contributed by atoms with E-state index in [4.69, 9.17) is 11.6 Å². The number of halogens is 1. The van der Waals surface area contributed by atoms with Crippen molar-refractivity contribution in [1.29, 1.82) is 0 Å². The molecule has 144 valence electrons. The second-order valence-corrected chi connectivity index (χ2v) is 6.82. The number of nitrogens with zero attached hydrogens (tertiary/aromatic N) is 3. The molecule has 7 nitrogen and oxygen atoms in total. The summed E-state index contributed by atoms with van der Waals surface area (Å²) >= 11 is 6.11. The first-order valence-corrected chi connectivity index (χ1v) is 9.47. The molecular weight excluding hydrogens is 354 g/mol. The van der Waals surface area contributed by atoms with Crippen LogP contribution >= 0.6 is 11.6 Å². The summed E-state index contributed by atoms with van der Waals surface area (Å²) in [5, 5.41) is 5.85. The van der Waals surface area contributed by atoms with Gasteiger partial charge in [0.25, 0.3) is 5.91 Å². The fourth-order valence-electron chi connectivity index (χ4n) is 3.18. The van der Waals surface area contributed by atoms with Crippen LogP contribution in [0.4, 0.5) is 5.82 Å². The van der Waals surface area contributed by atoms with Crippen molar-refractivity contribution < 1.29 is 9.59 Å². The van der Waals surface area contributed by atoms with E-state index < -0.39 is 0 Å². The number of amides is 2. The maximum atomic E-state index is 12.5. The minimum Gasteiger partial charge on any atom is -0.357 e. The molecule has 1 aromatic heterocycles. The summed E-state index contributed by atoms with van der Waals surface area (Å²) in [7, 11) is 1.61. The van der Waals surface area contributed by atoms with Crippen LogP contribution in [-0.2, 0) is 4.79 Å². The zero-order valence-electron chi connectivity index (χ0n) is 15.9. The Labute approximate surface area is 160 Å². The van der Waals surface area contributed by atoms with Gasteiger partial charge < -0.3 is 15.5 Å². The monoisotopic (exact) mass is 381 g/mol. The second kappa shape index (κ2) is 9.19. The molecule has 2 amide bonds. The maximum Gasteiger partial charge on any atom is 0.251 e. The fourth-order valence-corrected chi connectivity index (χ4v) is 3.38. The van der Waals surface area contributed by atoms with Crippen molar-refractivity contribution >= 4 is 29.2 Å². The van der Waals surface area contributed by atoms with Crippen LogP contribution < -0.4 is 15.5 Å². The third-order valence-corrected chi connectivity index (χ3v) is 5.09. The topological polar surface area (TPSA) is 77.6 Å². The minimum absolute atomic E-state index is 0.0583. The zero-order chi connectivity index (χ0) is 19.3. The Balaban J connectivity index is 2.07. The average molecular weight is 382 g/mol. The minimum atomic E-state index is -0.260. The largest absolute Gasteiger partial charge is 0.357 e. The summed E-state index contributed by atoms with van der Waals surface area (Å²) in [5.74, 6) is 0.308. The molecule has 2 atom stereocenters. The number of anilines is 1. The van der Waals surface area contributed by atoms with Crippen LogP contribution in [-0.4, -0.2) is 67.0 Å². The van der Waals surface area contributed by atoms with E-state index in [0.717, 1.165) is 19.5 Å². The number of pyridine rings is 1. The summed E-state index contributed by atoms with van der Waals surface area (Å²) in [6.07, 6.45) is 0.761. The first-order valence-electron chi connectivity index (χ1n) is 9.09. The molecule has 8 heteroatoms. The summed E-state index contributed by atoms with van der Waals surface area (Å²) in [6, 6.07) is 3.23. The van der Waals surface area contributed by atoms with E-state index in [0.29, 0.717) is 24.5 Å². The van der Waals surface area contributed by atoms with Gasteiger partial charge in [0.15, 0.2) is 0 Å². The SMILES string of the molecule is CCN(CC)[C@@H](C)CNC(=O)c1cc(Cl)nc(N2CC[C@H]2C(=O)NC)c1. The van der Waals surface area contributed by atoms with Gasteiger partial charge in [-0.05, 0) is 38.6 Å². The number of rotatable bonds is 8. The van der Waals surface area contributed by atoms with Crippen LogP contribution in [0.5, 0.6) is 0 Å². The molecule has 1 aliphatic heterocycles. The Morgan fingerprint density at radius 1 is 1.38 bits per heavy atom. The molecule has 1 aliphatic rings. The van der Waals surface area contributed by atoms with Crippen molar-refractivity contribution in [3.63, 3.8) is 0 Å². The standard InChI is InChI=1S/C18H28ClN5O2/c1-5-23(6-2)12(3)11-21-17(25)13-9-15(19)22-16(10-13)24-8-7-14(24)18(26)20-4/h9-10,12,14H,5-8,11H2,1-4H3,(H,20,26)(H,21,25)/t12-,14-/m0/s1. The number of carbonyl (C=O) groups excluding carboxylic acids is 2. The van der Waals surface area contributed by atoms with Gasteiger partial charge in [0, 0.05) is 31.7 Å². The van der Waals surface area contributed by atoms with Crippen LogP contribution in [0.2, 0.25) is 5.15 Å². The number of likely N-dealkylation sites (N-methyl/N-ethyl adjacent to an activating group) is 2. The summed E-state index contributed by atoms with van der Waals surface area (Å²) in [5.41, 5.74) is 0.453. The Hall–Kier alpha value is -1.86. The average Bonchev–Trinajstić information content (AvgIpc) is 2.59. The number of carbonyl (C=O) groups is 2. The zero-order valence-corrected chi connectivity index (χ0v) is 16.6. The van der Waals surface area contributed by atoms with Gasteiger partial charge in [0.2, 0.25) is 5.91 Å². The third-order valence-electron chi connectivity index (χ3n) is 4.90. The molecule has 0 unspecified atom stereocenters. The van der Waals surface area contributed by atoms with Crippen LogP contribution in [0, 0.1) is 0 Å². The molecule has 0 aromatic carbocycles. The van der Waals surface area contributed by atoms with Gasteiger partial charge in [0.1, 0.15) is 17.0 Å². The molecule has 0 spiro atoms. The molecule has 1 aromatic rings. The van der Waals surface area contributed by atoms with Crippen LogP contribution in [0.3, 0.4) is 0 Å². The highest BCUT2D eigenvalue weighted by Crippen LogP contribution is 2.27. The summed E-state index contributed by atoms with van der Waals surface area (Å²) in [4.78, 5) is 32.8. The second-order valence-electron chi connectivity index (χ2n) is 6.43. The van der Waals surface area contributed by atoms with Crippen molar-refractivity contribution in [2.45, 2.75) is 39.3 Å². The van der Waals surface area contributed by atoms with Gasteiger partial charge in [-0.3, -0.25) is 14.5 Å². The molecule has 1 saturated heterocycles. The van der Waals surface area contributed by atoms with Crippen molar-refractivity contribution in [3.05, 3.63) is 22.8 Å². The molecule has 0 radical (unpaired) electrons. The molecular formula is C18H28ClN5O2. The Morgan fingerprint density at radius 3 is 2.62 bits per heavy atom.